The van der Waals surface area contributed by atoms with Crippen LogP contribution >= 0.6 is 11.3 Å². The van der Waals surface area contributed by atoms with Gasteiger partial charge in [-0.15, -0.1) is 11.3 Å². The van der Waals surface area contributed by atoms with Crippen molar-refractivity contribution < 1.29 is 23.2 Å². The van der Waals surface area contributed by atoms with Gasteiger partial charge in [0, 0.05) is 30.0 Å². The first kappa shape index (κ1) is 25.8. The Balaban J connectivity index is 1.27. The number of hydrogen-bond acceptors (Lipinski definition) is 7. The number of nitrogens with zero attached hydrogens (tertiary/aromatic N) is 4. The van der Waals surface area contributed by atoms with Crippen molar-refractivity contribution in [3.05, 3.63) is 81.6 Å². The summed E-state index contributed by atoms with van der Waals surface area (Å²) in [5.41, 5.74) is 2.24. The molecule has 0 radical (unpaired) electrons. The van der Waals surface area contributed by atoms with Crippen LogP contribution in [0.2, 0.25) is 0 Å². The summed E-state index contributed by atoms with van der Waals surface area (Å²) < 4.78 is 27.1. The van der Waals surface area contributed by atoms with Crippen LogP contribution in [0.3, 0.4) is 0 Å². The fourth-order valence-corrected chi connectivity index (χ4v) is 4.57. The van der Waals surface area contributed by atoms with Gasteiger partial charge in [-0.2, -0.15) is 5.26 Å². The molecule has 0 spiro atoms. The summed E-state index contributed by atoms with van der Waals surface area (Å²) in [6, 6.07) is 12.9. The molecule has 190 valence electrons. The second-order valence-electron chi connectivity index (χ2n) is 8.41. The quantitative estimate of drug-likeness (QED) is 0.466. The highest BCUT2D eigenvalue weighted by Crippen LogP contribution is 2.31. The maximum absolute atomic E-state index is 13.5. The standard InChI is InChI=1S/C25H22F2N6O3S/c26-25(27)10-19(11-28)33(15-25)22(34)13-31-24(36)20-14-37-21(32-20)9-16-4-6-17(7-5-16)23(35)30-12-18-3-1-2-8-29-18/h1-8,14,19H,9-10,12-13,15H2,(H,30,35)(H,31,36)/t19-/m0/s1. The molecule has 1 aliphatic heterocycles. The molecule has 3 amide bonds. The third kappa shape index (κ3) is 6.71. The number of carbonyl (C=O) groups is 3. The molecule has 12 heteroatoms. The lowest BCUT2D eigenvalue weighted by Gasteiger charge is -2.19. The lowest BCUT2D eigenvalue weighted by molar-refractivity contribution is -0.131. The van der Waals surface area contributed by atoms with Crippen LogP contribution in [-0.4, -0.2) is 57.6 Å². The fraction of sp³-hybridized carbons (Fsp3) is 0.280. The van der Waals surface area contributed by atoms with E-state index in [1.807, 2.05) is 12.1 Å². The Labute approximate surface area is 215 Å². The molecule has 37 heavy (non-hydrogen) atoms. The molecule has 0 aliphatic carbocycles. The second kappa shape index (κ2) is 11.2. The number of alkyl halides is 2. The Bertz CT molecular complexity index is 1320. The van der Waals surface area contributed by atoms with Gasteiger partial charge in [-0.05, 0) is 29.8 Å². The van der Waals surface area contributed by atoms with Crippen molar-refractivity contribution in [2.75, 3.05) is 13.1 Å². The highest BCUT2D eigenvalue weighted by molar-refractivity contribution is 7.09. The first-order valence-corrected chi connectivity index (χ1v) is 12.2. The van der Waals surface area contributed by atoms with E-state index in [4.69, 9.17) is 5.26 Å². The minimum atomic E-state index is -3.12. The second-order valence-corrected chi connectivity index (χ2v) is 9.36. The van der Waals surface area contributed by atoms with Gasteiger partial charge in [-0.3, -0.25) is 19.4 Å². The van der Waals surface area contributed by atoms with Gasteiger partial charge >= 0.3 is 0 Å². The molecule has 0 saturated carbocycles. The third-order valence-corrected chi connectivity index (χ3v) is 6.50. The van der Waals surface area contributed by atoms with E-state index in [0.29, 0.717) is 23.5 Å². The van der Waals surface area contributed by atoms with Crippen molar-refractivity contribution in [2.24, 2.45) is 0 Å². The van der Waals surface area contributed by atoms with Gasteiger partial charge in [0.2, 0.25) is 5.91 Å². The average molecular weight is 525 g/mol. The van der Waals surface area contributed by atoms with Crippen LogP contribution in [0.4, 0.5) is 8.78 Å². The Morgan fingerprint density at radius 1 is 1.14 bits per heavy atom. The third-order valence-electron chi connectivity index (χ3n) is 5.65. The molecule has 2 N–H and O–H groups in total. The SMILES string of the molecule is N#C[C@@H]1CC(F)(F)CN1C(=O)CNC(=O)c1csc(Cc2ccc(C(=O)NCc3ccccn3)cc2)n1. The molecule has 1 atom stereocenters. The fourth-order valence-electron chi connectivity index (χ4n) is 3.76. The molecule has 9 nitrogen and oxygen atoms in total. The number of hydrogen-bond donors (Lipinski definition) is 2. The zero-order valence-corrected chi connectivity index (χ0v) is 20.3. The molecule has 0 bridgehead atoms. The van der Waals surface area contributed by atoms with E-state index in [9.17, 15) is 23.2 Å². The number of aromatic nitrogens is 2. The number of likely N-dealkylation sites (tertiary alicyclic amines) is 1. The van der Waals surface area contributed by atoms with Gasteiger partial charge in [0.15, 0.2) is 0 Å². The number of halogens is 2. The number of benzene rings is 1. The number of rotatable bonds is 8. The van der Waals surface area contributed by atoms with E-state index in [1.54, 1.807) is 42.6 Å². The van der Waals surface area contributed by atoms with Crippen molar-refractivity contribution in [1.29, 1.82) is 5.26 Å². The topological polar surface area (TPSA) is 128 Å². The van der Waals surface area contributed by atoms with E-state index in [0.717, 1.165) is 16.2 Å². The average Bonchev–Trinajstić information content (AvgIpc) is 3.50. The van der Waals surface area contributed by atoms with Crippen LogP contribution < -0.4 is 10.6 Å². The van der Waals surface area contributed by atoms with Crippen LogP contribution in [0.5, 0.6) is 0 Å². The van der Waals surface area contributed by atoms with Crippen LogP contribution in [0.1, 0.15) is 43.5 Å². The first-order chi connectivity index (χ1) is 17.7. The van der Waals surface area contributed by atoms with Crippen LogP contribution in [0, 0.1) is 11.3 Å². The molecule has 1 aliphatic rings. The molecule has 3 aromatic rings. The summed E-state index contributed by atoms with van der Waals surface area (Å²) in [6.45, 7) is -1.03. The Morgan fingerprint density at radius 2 is 1.92 bits per heavy atom. The summed E-state index contributed by atoms with van der Waals surface area (Å²) in [5, 5.41) is 16.4. The minimum Gasteiger partial charge on any atom is -0.346 e. The predicted octanol–water partition coefficient (Wildman–Crippen LogP) is 2.55. The van der Waals surface area contributed by atoms with E-state index in [1.165, 1.54) is 16.7 Å². The number of pyridine rings is 1. The van der Waals surface area contributed by atoms with Gasteiger partial charge in [-0.25, -0.2) is 13.8 Å². The van der Waals surface area contributed by atoms with Gasteiger partial charge in [0.05, 0.1) is 36.4 Å². The number of nitriles is 1. The van der Waals surface area contributed by atoms with Gasteiger partial charge in [-0.1, -0.05) is 18.2 Å². The van der Waals surface area contributed by atoms with Crippen molar-refractivity contribution in [2.45, 2.75) is 31.4 Å². The Morgan fingerprint density at radius 3 is 2.62 bits per heavy atom. The van der Waals surface area contributed by atoms with Gasteiger partial charge in [0.25, 0.3) is 17.7 Å². The van der Waals surface area contributed by atoms with E-state index >= 15 is 0 Å². The zero-order chi connectivity index (χ0) is 26.4. The highest BCUT2D eigenvalue weighted by atomic mass is 32.1. The monoisotopic (exact) mass is 524 g/mol. The summed E-state index contributed by atoms with van der Waals surface area (Å²) >= 11 is 1.26. The normalized spacial score (nSPS) is 16.1. The highest BCUT2D eigenvalue weighted by Gasteiger charge is 2.47. The Kier molecular flexibility index (Phi) is 7.83. The van der Waals surface area contributed by atoms with Crippen molar-refractivity contribution in [3.63, 3.8) is 0 Å². The molecule has 3 heterocycles. The first-order valence-electron chi connectivity index (χ1n) is 11.3. The van der Waals surface area contributed by atoms with E-state index < -0.39 is 43.3 Å². The van der Waals surface area contributed by atoms with Crippen LogP contribution in [0.15, 0.2) is 54.0 Å². The van der Waals surface area contributed by atoms with E-state index in [2.05, 4.69) is 20.6 Å². The van der Waals surface area contributed by atoms with Crippen LogP contribution in [0.25, 0.3) is 0 Å². The van der Waals surface area contributed by atoms with Gasteiger partial charge in [0.1, 0.15) is 11.7 Å². The number of thiazole rings is 1. The lowest BCUT2D eigenvalue weighted by Crippen LogP contribution is -2.43. The van der Waals surface area contributed by atoms with Crippen LogP contribution in [-0.2, 0) is 17.8 Å². The summed E-state index contributed by atoms with van der Waals surface area (Å²) in [5.74, 6) is -4.71. The maximum atomic E-state index is 13.5. The number of amides is 3. The molecule has 1 fully saturated rings. The molecule has 0 unspecified atom stereocenters. The number of nitrogens with one attached hydrogen (secondary N) is 2. The summed E-state index contributed by atoms with van der Waals surface area (Å²) in [4.78, 5) is 46.2. The van der Waals surface area contributed by atoms with Crippen molar-refractivity contribution in [3.8, 4) is 6.07 Å². The summed E-state index contributed by atoms with van der Waals surface area (Å²) in [7, 11) is 0. The Hall–Kier alpha value is -4.24. The van der Waals surface area contributed by atoms with E-state index in [-0.39, 0.29) is 11.6 Å². The number of carbonyl (C=O) groups excluding carboxylic acids is 3. The molecule has 4 rings (SSSR count). The minimum absolute atomic E-state index is 0.0990. The smallest absolute Gasteiger partial charge is 0.271 e. The maximum Gasteiger partial charge on any atom is 0.271 e. The molecular formula is C25H22F2N6O3S. The van der Waals surface area contributed by atoms with Crippen molar-refractivity contribution >= 4 is 29.1 Å². The molecule has 2 aromatic heterocycles. The molecule has 1 saturated heterocycles. The zero-order valence-electron chi connectivity index (χ0n) is 19.5. The molecule has 1 aromatic carbocycles. The van der Waals surface area contributed by atoms with Gasteiger partial charge < -0.3 is 15.5 Å². The largest absolute Gasteiger partial charge is 0.346 e. The lowest BCUT2D eigenvalue weighted by atomic mass is 10.1. The molecular weight excluding hydrogens is 502 g/mol. The predicted molar refractivity (Wildman–Crippen MR) is 130 cm³/mol. The summed E-state index contributed by atoms with van der Waals surface area (Å²) in [6.07, 6.45) is 1.38. The van der Waals surface area contributed by atoms with Crippen molar-refractivity contribution in [1.82, 2.24) is 25.5 Å².